The number of aromatic nitrogens is 1. The van der Waals surface area contributed by atoms with Gasteiger partial charge in [0.2, 0.25) is 33.3 Å². The van der Waals surface area contributed by atoms with Crippen LogP contribution in [-0.2, 0) is 29.1 Å². The Bertz CT molecular complexity index is 2130. The number of nitrogens with one attached hydrogen (secondary N) is 3. The number of benzene rings is 1. The molecule has 324 valence electrons. The molecule has 3 fully saturated rings. The molecule has 6 rings (SSSR count). The van der Waals surface area contributed by atoms with Gasteiger partial charge in [0.1, 0.15) is 46.7 Å². The van der Waals surface area contributed by atoms with E-state index in [1.54, 1.807) is 19.1 Å². The molecule has 14 nitrogen and oxygen atoms in total. The SMILES string of the molecule is COc1cnc(O[C@@H]2C[C@H]3C(=O)N[C@]4(C(=O)NS(=O)(=O)C5(CF)CC5)C[C@H]4/C=C\CC[C@@H](C)C[C@@H](C)[C@H](NC(=O)OC(C)(C)C(F)(F)F)C(=O)N3C2)c2cc(F)ccc12. The molecule has 59 heavy (non-hydrogen) atoms. The number of hydrogen-bond acceptors (Lipinski definition) is 10. The number of fused-ring (bicyclic) bond motifs is 3. The summed E-state index contributed by atoms with van der Waals surface area (Å²) in [5.41, 5.74) is -4.74. The molecular formula is C39H48F5N5O9S. The highest BCUT2D eigenvalue weighted by molar-refractivity contribution is 7.91. The van der Waals surface area contributed by atoms with Crippen LogP contribution in [0.5, 0.6) is 11.6 Å². The van der Waals surface area contributed by atoms with Crippen LogP contribution in [0, 0.1) is 23.6 Å². The van der Waals surface area contributed by atoms with Crippen LogP contribution in [0.3, 0.4) is 0 Å². The van der Waals surface area contributed by atoms with Crippen LogP contribution in [-0.4, -0.2) is 103 Å². The number of methoxy groups -OCH3 is 1. The molecule has 3 heterocycles. The Morgan fingerprint density at radius 2 is 1.81 bits per heavy atom. The van der Waals surface area contributed by atoms with Gasteiger partial charge in [0.15, 0.2) is 0 Å². The minimum Gasteiger partial charge on any atom is -0.494 e. The number of halogens is 5. The van der Waals surface area contributed by atoms with Gasteiger partial charge in [-0.05, 0) is 82.4 Å². The third-order valence-corrected chi connectivity index (χ3v) is 14.0. The second-order valence-electron chi connectivity index (χ2n) is 16.7. The Hall–Kier alpha value is -4.75. The summed E-state index contributed by atoms with van der Waals surface area (Å²) in [4.78, 5) is 61.5. The molecule has 2 saturated carbocycles. The van der Waals surface area contributed by atoms with Crippen molar-refractivity contribution in [1.29, 1.82) is 0 Å². The van der Waals surface area contributed by atoms with Gasteiger partial charge in [0, 0.05) is 17.7 Å². The first-order valence-electron chi connectivity index (χ1n) is 19.3. The van der Waals surface area contributed by atoms with Gasteiger partial charge in [0.05, 0.1) is 25.2 Å². The van der Waals surface area contributed by atoms with Crippen LogP contribution < -0.4 is 24.8 Å². The fourth-order valence-electron chi connectivity index (χ4n) is 7.78. The van der Waals surface area contributed by atoms with Crippen LogP contribution in [0.1, 0.15) is 72.6 Å². The van der Waals surface area contributed by atoms with E-state index in [1.165, 1.54) is 25.4 Å². The van der Waals surface area contributed by atoms with Gasteiger partial charge < -0.3 is 29.7 Å². The molecular weight excluding hydrogens is 810 g/mol. The van der Waals surface area contributed by atoms with Gasteiger partial charge in [-0.3, -0.25) is 19.1 Å². The predicted octanol–water partition coefficient (Wildman–Crippen LogP) is 5.00. The minimum atomic E-state index is -4.96. The van der Waals surface area contributed by atoms with Crippen molar-refractivity contribution in [3.63, 3.8) is 0 Å². The lowest BCUT2D eigenvalue weighted by molar-refractivity contribution is -0.244. The highest BCUT2D eigenvalue weighted by Crippen LogP contribution is 2.48. The number of pyridine rings is 1. The van der Waals surface area contributed by atoms with E-state index < -0.39 is 98.4 Å². The van der Waals surface area contributed by atoms with Gasteiger partial charge in [0.25, 0.3) is 5.91 Å². The molecule has 0 unspecified atom stereocenters. The second kappa shape index (κ2) is 16.0. The van der Waals surface area contributed by atoms with Crippen molar-refractivity contribution in [3.8, 4) is 11.6 Å². The number of sulfonamides is 1. The Balaban J connectivity index is 1.37. The zero-order valence-corrected chi connectivity index (χ0v) is 34.0. The van der Waals surface area contributed by atoms with Crippen molar-refractivity contribution >= 4 is 44.6 Å². The highest BCUT2D eigenvalue weighted by atomic mass is 32.2. The first-order chi connectivity index (χ1) is 27.6. The Morgan fingerprint density at radius 3 is 2.46 bits per heavy atom. The molecule has 2 aromatic rings. The monoisotopic (exact) mass is 857 g/mol. The van der Waals surface area contributed by atoms with E-state index in [2.05, 4.69) is 15.6 Å². The third-order valence-electron chi connectivity index (χ3n) is 11.8. The van der Waals surface area contributed by atoms with Crippen molar-refractivity contribution in [2.45, 2.75) is 113 Å². The smallest absolute Gasteiger partial charge is 0.427 e. The van der Waals surface area contributed by atoms with Crippen molar-refractivity contribution < 1.29 is 63.8 Å². The molecule has 0 bridgehead atoms. The Morgan fingerprint density at radius 1 is 1.10 bits per heavy atom. The Labute approximate surface area is 338 Å². The lowest BCUT2D eigenvalue weighted by atomic mass is 9.88. The average Bonchev–Trinajstić information content (AvgIpc) is 4.06. The molecule has 1 aromatic heterocycles. The first kappa shape index (κ1) is 43.8. The number of alkyl halides is 4. The minimum absolute atomic E-state index is 0.00731. The molecule has 2 aliphatic heterocycles. The normalized spacial score (nSPS) is 29.2. The lowest BCUT2D eigenvalue weighted by Crippen LogP contribution is -2.60. The standard InChI is InChI=1S/C39H48F5N5O9S/c1-21-8-6-7-9-23-17-38(23,34(52)48-59(54,55)37(20-40)12-13-37)47-31(50)28-16-25(57-32-27-15-24(41)10-11-26(27)29(56-5)18-45-32)19-49(28)33(51)30(22(2)14-21)46-35(53)58-36(3,4)39(42,43)44/h7,9-11,15,18,21-23,25,28,30H,6,8,12-14,16-17,19-20H2,1-5H3,(H,46,53)(H,47,50)(H,48,52)/b9-7-/t21-,22-,23-,25-,28+,30+,38-/m1/s1. The molecule has 20 heteroatoms. The number of nitrogens with zero attached hydrogens (tertiary/aromatic N) is 2. The maximum absolute atomic E-state index is 14.7. The van der Waals surface area contributed by atoms with Crippen molar-refractivity contribution in [3.05, 3.63) is 42.4 Å². The average molecular weight is 858 g/mol. The highest BCUT2D eigenvalue weighted by Gasteiger charge is 2.64. The summed E-state index contributed by atoms with van der Waals surface area (Å²) in [6, 6.07) is 0.843. The van der Waals surface area contributed by atoms with Crippen molar-refractivity contribution in [2.24, 2.45) is 17.8 Å². The maximum Gasteiger partial charge on any atom is 0.427 e. The summed E-state index contributed by atoms with van der Waals surface area (Å²) in [6.07, 6.45) is -1.66. The van der Waals surface area contributed by atoms with Crippen LogP contribution in [0.15, 0.2) is 36.5 Å². The summed E-state index contributed by atoms with van der Waals surface area (Å²) in [6.45, 7) is 3.26. The molecule has 4 aliphatic rings. The molecule has 1 saturated heterocycles. The summed E-state index contributed by atoms with van der Waals surface area (Å²) < 4.78 is 112. The number of carbonyl (C=O) groups excluding carboxylic acids is 4. The van der Waals surface area contributed by atoms with Gasteiger partial charge in [-0.1, -0.05) is 26.0 Å². The van der Waals surface area contributed by atoms with Crippen LogP contribution in [0.2, 0.25) is 0 Å². The van der Waals surface area contributed by atoms with E-state index in [4.69, 9.17) is 14.2 Å². The number of carbonyl (C=O) groups is 4. The summed E-state index contributed by atoms with van der Waals surface area (Å²) in [5, 5.41) is 5.63. The van der Waals surface area contributed by atoms with E-state index in [9.17, 15) is 49.5 Å². The topological polar surface area (TPSA) is 182 Å². The molecule has 1 aromatic carbocycles. The van der Waals surface area contributed by atoms with Gasteiger partial charge in [-0.2, -0.15) is 13.2 Å². The summed E-state index contributed by atoms with van der Waals surface area (Å²) >= 11 is 0. The number of alkyl carbamates (subject to hydrolysis) is 1. The van der Waals surface area contributed by atoms with E-state index >= 15 is 0 Å². The van der Waals surface area contributed by atoms with Crippen molar-refractivity contribution in [1.82, 2.24) is 25.2 Å². The number of ether oxygens (including phenoxy) is 3. The summed E-state index contributed by atoms with van der Waals surface area (Å²) in [7, 11) is -3.10. The number of rotatable bonds is 9. The maximum atomic E-state index is 14.7. The number of allylic oxidation sites excluding steroid dienone is 1. The molecule has 4 amide bonds. The lowest BCUT2D eigenvalue weighted by Gasteiger charge is -2.34. The van der Waals surface area contributed by atoms with Gasteiger partial charge >= 0.3 is 12.3 Å². The summed E-state index contributed by atoms with van der Waals surface area (Å²) in [5.74, 6) is -4.76. The zero-order chi connectivity index (χ0) is 43.3. The molecule has 0 spiro atoms. The zero-order valence-electron chi connectivity index (χ0n) is 33.2. The van der Waals surface area contributed by atoms with E-state index in [1.807, 2.05) is 11.6 Å². The predicted molar refractivity (Wildman–Crippen MR) is 202 cm³/mol. The first-order valence-corrected chi connectivity index (χ1v) is 20.8. The van der Waals surface area contributed by atoms with E-state index in [0.717, 1.165) is 11.0 Å². The third kappa shape index (κ3) is 8.77. The molecule has 0 radical (unpaired) electrons. The molecule has 3 N–H and O–H groups in total. The van der Waals surface area contributed by atoms with Crippen molar-refractivity contribution in [2.75, 3.05) is 20.3 Å². The van der Waals surface area contributed by atoms with Gasteiger partial charge in [-0.15, -0.1) is 0 Å². The van der Waals surface area contributed by atoms with E-state index in [-0.39, 0.29) is 49.4 Å². The van der Waals surface area contributed by atoms with Crippen LogP contribution in [0.25, 0.3) is 10.8 Å². The number of amides is 4. The fraction of sp³-hybridized carbons (Fsp3) is 0.615. The largest absolute Gasteiger partial charge is 0.494 e. The fourth-order valence-corrected chi connectivity index (χ4v) is 9.20. The van der Waals surface area contributed by atoms with Crippen LogP contribution in [0.4, 0.5) is 26.7 Å². The van der Waals surface area contributed by atoms with E-state index in [0.29, 0.717) is 44.2 Å². The number of hydrogen-bond donors (Lipinski definition) is 3. The second-order valence-corrected chi connectivity index (χ2v) is 18.7. The quantitative estimate of drug-likeness (QED) is 0.229. The Kier molecular flexibility index (Phi) is 11.9. The molecule has 2 aliphatic carbocycles. The van der Waals surface area contributed by atoms with Crippen LogP contribution >= 0.6 is 0 Å². The van der Waals surface area contributed by atoms with Gasteiger partial charge in [-0.25, -0.2) is 27.0 Å². The molecule has 7 atom stereocenters.